The van der Waals surface area contributed by atoms with E-state index >= 15 is 0 Å². The maximum Gasteiger partial charge on any atom is 0.228 e. The Hall–Kier alpha value is -2.44. The van der Waals surface area contributed by atoms with Crippen molar-refractivity contribution in [2.45, 2.75) is 38.6 Å². The van der Waals surface area contributed by atoms with Crippen LogP contribution in [0.15, 0.2) is 36.4 Å². The number of hydrogen-bond acceptors (Lipinski definition) is 3. The van der Waals surface area contributed by atoms with Crippen LogP contribution in [0.2, 0.25) is 10.0 Å². The van der Waals surface area contributed by atoms with Crippen LogP contribution in [-0.4, -0.2) is 20.7 Å². The second kappa shape index (κ2) is 8.51. The van der Waals surface area contributed by atoms with Gasteiger partial charge in [-0.05, 0) is 48.7 Å². The summed E-state index contributed by atoms with van der Waals surface area (Å²) in [6, 6.07) is 9.52. The van der Waals surface area contributed by atoms with E-state index in [1.54, 1.807) is 24.3 Å². The summed E-state index contributed by atoms with van der Waals surface area (Å²) in [4.78, 5) is 12.5. The summed E-state index contributed by atoms with van der Waals surface area (Å²) in [6.07, 6.45) is 4.04. The van der Waals surface area contributed by atoms with Crippen molar-refractivity contribution in [1.29, 1.82) is 0 Å². The Morgan fingerprint density at radius 1 is 1.10 bits per heavy atom. The fraction of sp³-hybridized carbons (Fsp3) is 0.286. The van der Waals surface area contributed by atoms with Gasteiger partial charge in [-0.2, -0.15) is 0 Å². The molecular formula is C21H19Cl2FN4O. The second-order valence-electron chi connectivity index (χ2n) is 7.02. The maximum atomic E-state index is 14.6. The summed E-state index contributed by atoms with van der Waals surface area (Å²) >= 11 is 12.3. The van der Waals surface area contributed by atoms with E-state index in [0.717, 1.165) is 38.1 Å². The molecule has 1 aromatic heterocycles. The van der Waals surface area contributed by atoms with Gasteiger partial charge in [0.15, 0.2) is 5.82 Å². The fourth-order valence-electron chi connectivity index (χ4n) is 3.53. The topological polar surface area (TPSA) is 59.8 Å². The Morgan fingerprint density at radius 2 is 1.90 bits per heavy atom. The standard InChI is InChI=1S/C21H19Cl2FN4O/c22-16-5-4-6-17(23)14(16)12-20(29)25-13-8-9-18(24)15(11-13)21-27-26-19-7-2-1-3-10-28(19)21/h4-6,8-9,11H,1-3,7,10,12H2,(H,25,29). The lowest BCUT2D eigenvalue weighted by Crippen LogP contribution is -2.15. The van der Waals surface area contributed by atoms with E-state index < -0.39 is 5.82 Å². The van der Waals surface area contributed by atoms with Crippen LogP contribution in [0, 0.1) is 5.82 Å². The van der Waals surface area contributed by atoms with E-state index in [1.807, 2.05) is 4.57 Å². The highest BCUT2D eigenvalue weighted by molar-refractivity contribution is 6.36. The Labute approximate surface area is 177 Å². The highest BCUT2D eigenvalue weighted by Crippen LogP contribution is 2.28. The van der Waals surface area contributed by atoms with Crippen molar-refractivity contribution in [3.8, 4) is 11.4 Å². The molecule has 0 spiro atoms. The zero-order valence-corrected chi connectivity index (χ0v) is 17.1. The molecule has 0 fully saturated rings. The van der Waals surface area contributed by atoms with E-state index in [9.17, 15) is 9.18 Å². The smallest absolute Gasteiger partial charge is 0.228 e. The van der Waals surface area contributed by atoms with Gasteiger partial charge < -0.3 is 9.88 Å². The predicted molar refractivity (Wildman–Crippen MR) is 112 cm³/mol. The van der Waals surface area contributed by atoms with Gasteiger partial charge in [0.05, 0.1) is 12.0 Å². The van der Waals surface area contributed by atoms with E-state index in [-0.39, 0.29) is 12.3 Å². The van der Waals surface area contributed by atoms with E-state index in [1.165, 1.54) is 12.1 Å². The molecule has 4 rings (SSSR count). The average molecular weight is 433 g/mol. The van der Waals surface area contributed by atoms with E-state index in [0.29, 0.717) is 32.7 Å². The number of amides is 1. The number of aromatic nitrogens is 3. The zero-order valence-electron chi connectivity index (χ0n) is 15.6. The number of nitrogens with zero attached hydrogens (tertiary/aromatic N) is 3. The molecule has 3 aromatic rings. The maximum absolute atomic E-state index is 14.6. The van der Waals surface area contributed by atoms with Crippen LogP contribution < -0.4 is 5.32 Å². The number of rotatable bonds is 4. The van der Waals surface area contributed by atoms with Crippen LogP contribution >= 0.6 is 23.2 Å². The quantitative estimate of drug-likeness (QED) is 0.608. The van der Waals surface area contributed by atoms with Crippen molar-refractivity contribution in [2.24, 2.45) is 0 Å². The van der Waals surface area contributed by atoms with Gasteiger partial charge in [0.2, 0.25) is 5.91 Å². The van der Waals surface area contributed by atoms with Gasteiger partial charge in [0, 0.05) is 28.7 Å². The van der Waals surface area contributed by atoms with Crippen molar-refractivity contribution in [2.75, 3.05) is 5.32 Å². The van der Waals surface area contributed by atoms with Gasteiger partial charge in [-0.25, -0.2) is 4.39 Å². The first-order valence-corrected chi connectivity index (χ1v) is 10.2. The third kappa shape index (κ3) is 4.28. The lowest BCUT2D eigenvalue weighted by atomic mass is 10.1. The number of hydrogen-bond donors (Lipinski definition) is 1. The predicted octanol–water partition coefficient (Wildman–Crippen LogP) is 5.30. The van der Waals surface area contributed by atoms with Gasteiger partial charge in [0.25, 0.3) is 0 Å². The number of aryl methyl sites for hydroxylation is 1. The molecule has 1 aliphatic heterocycles. The molecule has 2 heterocycles. The Balaban J connectivity index is 1.58. The summed E-state index contributed by atoms with van der Waals surface area (Å²) in [5.41, 5.74) is 1.35. The minimum Gasteiger partial charge on any atom is -0.326 e. The first kappa shape index (κ1) is 19.9. The number of fused-ring (bicyclic) bond motifs is 1. The van der Waals surface area contributed by atoms with Crippen molar-refractivity contribution in [3.63, 3.8) is 0 Å². The molecule has 29 heavy (non-hydrogen) atoms. The van der Waals surface area contributed by atoms with Gasteiger partial charge >= 0.3 is 0 Å². The van der Waals surface area contributed by atoms with Crippen LogP contribution in [0.25, 0.3) is 11.4 Å². The number of anilines is 1. The minimum absolute atomic E-state index is 0.0194. The monoisotopic (exact) mass is 432 g/mol. The molecular weight excluding hydrogens is 414 g/mol. The molecule has 1 amide bonds. The molecule has 2 aromatic carbocycles. The number of benzene rings is 2. The Bertz CT molecular complexity index is 1050. The molecule has 8 heteroatoms. The number of carbonyl (C=O) groups is 1. The first-order chi connectivity index (χ1) is 14.0. The lowest BCUT2D eigenvalue weighted by Gasteiger charge is -2.11. The second-order valence-corrected chi connectivity index (χ2v) is 7.84. The van der Waals surface area contributed by atoms with Gasteiger partial charge in [-0.3, -0.25) is 4.79 Å². The molecule has 0 unspecified atom stereocenters. The van der Waals surface area contributed by atoms with Crippen molar-refractivity contribution < 1.29 is 9.18 Å². The molecule has 0 saturated carbocycles. The highest BCUT2D eigenvalue weighted by atomic mass is 35.5. The third-order valence-electron chi connectivity index (χ3n) is 5.00. The number of nitrogens with one attached hydrogen (secondary N) is 1. The molecule has 0 aliphatic carbocycles. The summed E-state index contributed by atoms with van der Waals surface area (Å²) in [5.74, 6) is 0.665. The van der Waals surface area contributed by atoms with Gasteiger partial charge in [0.1, 0.15) is 11.6 Å². The molecule has 5 nitrogen and oxygen atoms in total. The number of halogens is 3. The highest BCUT2D eigenvalue weighted by Gasteiger charge is 2.19. The fourth-order valence-corrected chi connectivity index (χ4v) is 4.06. The van der Waals surface area contributed by atoms with E-state index in [4.69, 9.17) is 23.2 Å². The summed E-state index contributed by atoms with van der Waals surface area (Å²) in [6.45, 7) is 0.763. The molecule has 0 saturated heterocycles. The van der Waals surface area contributed by atoms with Crippen LogP contribution in [-0.2, 0) is 24.2 Å². The largest absolute Gasteiger partial charge is 0.326 e. The Kier molecular flexibility index (Phi) is 5.83. The van der Waals surface area contributed by atoms with Gasteiger partial charge in [-0.1, -0.05) is 35.7 Å². The number of carbonyl (C=O) groups excluding carboxylic acids is 1. The molecule has 1 aliphatic rings. The van der Waals surface area contributed by atoms with Crippen LogP contribution in [0.3, 0.4) is 0 Å². The molecule has 0 bridgehead atoms. The third-order valence-corrected chi connectivity index (χ3v) is 5.71. The lowest BCUT2D eigenvalue weighted by molar-refractivity contribution is -0.115. The molecule has 0 radical (unpaired) electrons. The van der Waals surface area contributed by atoms with Gasteiger partial charge in [-0.15, -0.1) is 10.2 Å². The zero-order chi connectivity index (χ0) is 20.4. The Morgan fingerprint density at radius 3 is 2.69 bits per heavy atom. The summed E-state index contributed by atoms with van der Waals surface area (Å²) in [7, 11) is 0. The van der Waals surface area contributed by atoms with Crippen LogP contribution in [0.5, 0.6) is 0 Å². The van der Waals surface area contributed by atoms with Crippen molar-refractivity contribution in [3.05, 3.63) is 63.6 Å². The first-order valence-electron chi connectivity index (χ1n) is 9.47. The van der Waals surface area contributed by atoms with Crippen LogP contribution in [0.1, 0.15) is 30.7 Å². The van der Waals surface area contributed by atoms with Crippen LogP contribution in [0.4, 0.5) is 10.1 Å². The molecule has 150 valence electrons. The molecule has 1 N–H and O–H groups in total. The summed E-state index contributed by atoms with van der Waals surface area (Å²) in [5, 5.41) is 12.1. The van der Waals surface area contributed by atoms with Crippen molar-refractivity contribution in [1.82, 2.24) is 14.8 Å². The van der Waals surface area contributed by atoms with E-state index in [2.05, 4.69) is 15.5 Å². The normalized spacial score (nSPS) is 13.6. The van der Waals surface area contributed by atoms with Crippen molar-refractivity contribution >= 4 is 34.8 Å². The molecule has 0 atom stereocenters. The minimum atomic E-state index is -0.406. The summed E-state index contributed by atoms with van der Waals surface area (Å²) < 4.78 is 16.5. The average Bonchev–Trinajstić information content (AvgIpc) is 2.94. The SMILES string of the molecule is O=C(Cc1c(Cl)cccc1Cl)Nc1ccc(F)c(-c2nnc3n2CCCCC3)c1.